The van der Waals surface area contributed by atoms with Gasteiger partial charge in [-0.25, -0.2) is 29.6 Å². The maximum atomic E-state index is 15.9. The van der Waals surface area contributed by atoms with Crippen LogP contribution in [0.25, 0.3) is 166 Å². The molecular weight excluding hydrogens is 1170 g/mol. The highest BCUT2D eigenvalue weighted by molar-refractivity contribution is 6.15. The first kappa shape index (κ1) is 56.4. The van der Waals surface area contributed by atoms with E-state index >= 15 is 13.2 Å². The summed E-state index contributed by atoms with van der Waals surface area (Å²) in [5, 5.41) is 3.17. The summed E-state index contributed by atoms with van der Waals surface area (Å²) in [6, 6.07) is 95.1. The number of pyridine rings is 4. The molecule has 94 heavy (non-hydrogen) atoms. The van der Waals surface area contributed by atoms with E-state index in [2.05, 4.69) is 34.0 Å². The van der Waals surface area contributed by atoms with Gasteiger partial charge in [-0.05, 0) is 109 Å². The highest BCUT2D eigenvalue weighted by Gasteiger charge is 2.37. The van der Waals surface area contributed by atoms with Gasteiger partial charge in [-0.2, -0.15) is 13.2 Å². The Morgan fingerprint density at radius 1 is 0.298 bits per heavy atom. The average molecular weight is 1220 g/mol. The number of halogens is 3. The first-order valence-electron chi connectivity index (χ1n) is 30.6. The van der Waals surface area contributed by atoms with Gasteiger partial charge < -0.3 is 9.13 Å². The lowest BCUT2D eigenvalue weighted by molar-refractivity contribution is -0.137. The molecule has 0 saturated carbocycles. The van der Waals surface area contributed by atoms with Crippen LogP contribution in [-0.2, 0) is 6.18 Å². The molecule has 6 aromatic heterocycles. The predicted octanol–water partition coefficient (Wildman–Crippen LogP) is 22.6. The summed E-state index contributed by atoms with van der Waals surface area (Å²) in [7, 11) is 0. The molecule has 0 radical (unpaired) electrons. The molecule has 0 bridgehead atoms. The molecule has 0 amide bonds. The SMILES string of the molecule is [C-]#[N+]c1cccc(C(F)(F)F)c1-c1ccc(-n2c3ccc(-c4cccc(-c5ccccc5)n4)cc3c3cc(-c4cccc(-c5ccccc5)n4)ccc32)c([N+]#[C-])c1-n1c2ccc(-c3cccc(-c4ccccc4)n3)cc2c2cc(-c3cccc(-c4ccccc4)n3)ccc21. The van der Waals surface area contributed by atoms with Crippen molar-refractivity contribution < 1.29 is 13.2 Å². The van der Waals surface area contributed by atoms with Crippen LogP contribution >= 0.6 is 0 Å². The third kappa shape index (κ3) is 9.98. The molecule has 11 heteroatoms. The monoisotopic (exact) mass is 1210 g/mol. The largest absolute Gasteiger partial charge is 0.415 e. The minimum Gasteiger partial charge on any atom is -0.319 e. The van der Waals surface area contributed by atoms with Crippen LogP contribution in [0, 0.1) is 13.1 Å². The number of fused-ring (bicyclic) bond motifs is 6. The van der Waals surface area contributed by atoms with Gasteiger partial charge >= 0.3 is 6.18 Å². The smallest absolute Gasteiger partial charge is 0.319 e. The summed E-state index contributed by atoms with van der Waals surface area (Å²) < 4.78 is 51.6. The Bertz CT molecular complexity index is 5470. The van der Waals surface area contributed by atoms with Crippen LogP contribution in [0.1, 0.15) is 5.56 Å². The van der Waals surface area contributed by atoms with E-state index in [9.17, 15) is 6.57 Å². The molecule has 16 rings (SSSR count). The zero-order valence-electron chi connectivity index (χ0n) is 50.0. The molecule has 0 saturated heterocycles. The van der Waals surface area contributed by atoms with Crippen molar-refractivity contribution >= 4 is 55.0 Å². The van der Waals surface area contributed by atoms with Crippen LogP contribution < -0.4 is 0 Å². The number of aromatic nitrogens is 6. The molecule has 0 aliphatic carbocycles. The Balaban J connectivity index is 0.980. The van der Waals surface area contributed by atoms with Gasteiger partial charge in [0.2, 0.25) is 5.69 Å². The van der Waals surface area contributed by atoms with E-state index in [1.807, 2.05) is 252 Å². The molecule has 442 valence electrons. The van der Waals surface area contributed by atoms with Gasteiger partial charge in [0, 0.05) is 71.6 Å². The first-order valence-corrected chi connectivity index (χ1v) is 30.6. The molecule has 0 fully saturated rings. The molecule has 6 heterocycles. The number of hydrogen-bond acceptors (Lipinski definition) is 4. The Morgan fingerprint density at radius 2 is 0.617 bits per heavy atom. The van der Waals surface area contributed by atoms with Gasteiger partial charge in [-0.3, -0.25) is 0 Å². The maximum Gasteiger partial charge on any atom is 0.415 e. The zero-order chi connectivity index (χ0) is 63.4. The molecule has 0 atom stereocenters. The third-order valence-corrected chi connectivity index (χ3v) is 17.4. The maximum absolute atomic E-state index is 15.9. The van der Waals surface area contributed by atoms with E-state index in [0.717, 1.165) is 117 Å². The first-order chi connectivity index (χ1) is 46.1. The van der Waals surface area contributed by atoms with Crippen molar-refractivity contribution in [1.29, 1.82) is 0 Å². The Hall–Kier alpha value is -12.8. The Kier molecular flexibility index (Phi) is 13.9. The number of hydrogen-bond donors (Lipinski definition) is 0. The fourth-order valence-corrected chi connectivity index (χ4v) is 13.1. The van der Waals surface area contributed by atoms with Gasteiger partial charge in [0.25, 0.3) is 0 Å². The van der Waals surface area contributed by atoms with Crippen LogP contribution in [0.15, 0.2) is 297 Å². The van der Waals surface area contributed by atoms with Crippen molar-refractivity contribution in [2.45, 2.75) is 6.18 Å². The van der Waals surface area contributed by atoms with Gasteiger partial charge in [-0.1, -0.05) is 194 Å². The summed E-state index contributed by atoms with van der Waals surface area (Å²) in [4.78, 5) is 28.9. The fraction of sp³-hybridized carbons (Fsp3) is 0.0120. The second-order valence-corrected chi connectivity index (χ2v) is 22.9. The van der Waals surface area contributed by atoms with Crippen LogP contribution in [0.4, 0.5) is 24.5 Å². The molecule has 8 nitrogen and oxygen atoms in total. The van der Waals surface area contributed by atoms with Crippen molar-refractivity contribution in [2.24, 2.45) is 0 Å². The normalized spacial score (nSPS) is 11.5. The van der Waals surface area contributed by atoms with Crippen molar-refractivity contribution in [3.05, 3.63) is 326 Å². The number of rotatable bonds is 11. The highest BCUT2D eigenvalue weighted by atomic mass is 19.4. The van der Waals surface area contributed by atoms with Gasteiger partial charge in [0.05, 0.1) is 97.7 Å². The van der Waals surface area contributed by atoms with E-state index in [4.69, 9.17) is 26.5 Å². The molecular formula is C83H49F3N8. The van der Waals surface area contributed by atoms with Crippen LogP contribution in [-0.4, -0.2) is 29.1 Å². The topological polar surface area (TPSA) is 70.1 Å². The number of alkyl halides is 3. The standard InChI is InChI=1S/C83H49F3N8/c1-87-74-37-15-28-65(83(84,85)86)80(74)60-42-47-79(93-75-43-38-56(70-33-16-29-66(89-70)52-20-7-3-8-21-52)48-61(75)62-49-57(39-44-76(62)93)71-34-17-30-67(90-71)53-22-9-4-10-23-53)81(88-2)82(60)94-77-45-40-58(72-35-18-31-68(91-72)54-24-11-5-12-25-54)50-63(77)64-51-59(41-46-78(64)94)73-36-19-32-69(92-73)55-26-13-6-14-27-55/h3-51H. The van der Waals surface area contributed by atoms with Crippen LogP contribution in [0.5, 0.6) is 0 Å². The second kappa shape index (κ2) is 23.2. The number of benzene rings is 10. The van der Waals surface area contributed by atoms with Crippen LogP contribution in [0.2, 0.25) is 0 Å². The highest BCUT2D eigenvalue weighted by Crippen LogP contribution is 2.51. The lowest BCUT2D eigenvalue weighted by Crippen LogP contribution is -2.09. The Labute approximate surface area is 538 Å². The summed E-state index contributed by atoms with van der Waals surface area (Å²) in [6.45, 7) is 18.0. The average Bonchev–Trinajstić information content (AvgIpc) is 1.17. The zero-order valence-corrected chi connectivity index (χ0v) is 50.0. The minimum atomic E-state index is -4.90. The molecule has 0 unspecified atom stereocenters. The van der Waals surface area contributed by atoms with Crippen molar-refractivity contribution in [3.63, 3.8) is 0 Å². The molecule has 10 aromatic carbocycles. The third-order valence-electron chi connectivity index (χ3n) is 17.4. The molecule has 0 N–H and O–H groups in total. The Morgan fingerprint density at radius 3 is 0.936 bits per heavy atom. The van der Waals surface area contributed by atoms with Crippen molar-refractivity contribution in [2.75, 3.05) is 0 Å². The summed E-state index contributed by atoms with van der Waals surface area (Å²) >= 11 is 0. The quantitative estimate of drug-likeness (QED) is 0.121. The van der Waals surface area contributed by atoms with E-state index < -0.39 is 11.7 Å². The van der Waals surface area contributed by atoms with Gasteiger partial charge in [0.15, 0.2) is 5.69 Å². The molecule has 0 aliphatic heterocycles. The van der Waals surface area contributed by atoms with Gasteiger partial charge in [0.1, 0.15) is 0 Å². The van der Waals surface area contributed by atoms with Gasteiger partial charge in [-0.15, -0.1) is 0 Å². The second-order valence-electron chi connectivity index (χ2n) is 22.9. The lowest BCUT2D eigenvalue weighted by Gasteiger charge is -2.23. The lowest BCUT2D eigenvalue weighted by atomic mass is 9.94. The summed E-state index contributed by atoms with van der Waals surface area (Å²) in [5.41, 5.74) is 15.1. The van der Waals surface area contributed by atoms with E-state index in [-0.39, 0.29) is 28.2 Å². The van der Waals surface area contributed by atoms with Crippen molar-refractivity contribution in [3.8, 4) is 113 Å². The summed E-state index contributed by atoms with van der Waals surface area (Å²) in [5.74, 6) is 0. The summed E-state index contributed by atoms with van der Waals surface area (Å²) in [6.07, 6.45) is -4.90. The van der Waals surface area contributed by atoms with Crippen molar-refractivity contribution in [1.82, 2.24) is 29.1 Å². The molecule has 0 aliphatic rings. The van der Waals surface area contributed by atoms with Crippen LogP contribution in [0.3, 0.4) is 0 Å². The molecule has 16 aromatic rings. The predicted molar refractivity (Wildman–Crippen MR) is 373 cm³/mol. The fourth-order valence-electron chi connectivity index (χ4n) is 13.1. The van der Waals surface area contributed by atoms with E-state index in [1.165, 1.54) is 12.1 Å². The van der Waals surface area contributed by atoms with E-state index in [1.54, 1.807) is 12.1 Å². The molecule has 0 spiro atoms. The minimum absolute atomic E-state index is 0.0493. The number of nitrogens with zero attached hydrogens (tertiary/aromatic N) is 8. The van der Waals surface area contributed by atoms with E-state index in [0.29, 0.717) is 28.1 Å².